The average Bonchev–Trinajstić information content (AvgIpc) is 2.96. The summed E-state index contributed by atoms with van der Waals surface area (Å²) in [5.74, 6) is 0.529. The van der Waals surface area contributed by atoms with E-state index < -0.39 is 5.60 Å². The first-order valence-corrected chi connectivity index (χ1v) is 8.31. The van der Waals surface area contributed by atoms with Gasteiger partial charge in [0.1, 0.15) is 5.60 Å². The fourth-order valence-electron chi connectivity index (χ4n) is 2.75. The van der Waals surface area contributed by atoms with Crippen molar-refractivity contribution in [1.29, 1.82) is 0 Å². The third-order valence-electron chi connectivity index (χ3n) is 3.94. The van der Waals surface area contributed by atoms with Crippen molar-refractivity contribution >= 4 is 12.0 Å². The Balaban J connectivity index is 1.57. The van der Waals surface area contributed by atoms with Gasteiger partial charge in [0.2, 0.25) is 5.88 Å². The smallest absolute Gasteiger partial charge is 0.410 e. The molecule has 0 unspecified atom stereocenters. The Bertz CT molecular complexity index is 603. The van der Waals surface area contributed by atoms with E-state index >= 15 is 0 Å². The van der Waals surface area contributed by atoms with Gasteiger partial charge in [-0.05, 0) is 20.8 Å². The number of hydrogen-bond acceptors (Lipinski definition) is 5. The molecule has 8 heteroatoms. The summed E-state index contributed by atoms with van der Waals surface area (Å²) < 4.78 is 12.6. The fourth-order valence-corrected chi connectivity index (χ4v) is 2.75. The van der Waals surface area contributed by atoms with Crippen molar-refractivity contribution in [1.82, 2.24) is 19.6 Å². The van der Waals surface area contributed by atoms with E-state index in [4.69, 9.17) is 9.47 Å². The number of nitrogens with zero attached hydrogens (tertiary/aromatic N) is 4. The Morgan fingerprint density at radius 3 is 2.42 bits per heavy atom. The van der Waals surface area contributed by atoms with E-state index in [1.54, 1.807) is 20.5 Å². The van der Waals surface area contributed by atoms with Crippen LogP contribution in [-0.2, 0) is 11.3 Å². The van der Waals surface area contributed by atoms with Gasteiger partial charge >= 0.3 is 6.09 Å². The van der Waals surface area contributed by atoms with Crippen molar-refractivity contribution < 1.29 is 19.1 Å². The number of piperazine rings is 1. The number of ether oxygens (including phenoxy) is 2. The molecule has 0 spiro atoms. The fraction of sp³-hybridized carbons (Fsp3) is 0.688. The molecule has 0 N–H and O–H groups in total. The minimum Gasteiger partial charge on any atom is -0.478 e. The number of rotatable bonds is 1. The van der Waals surface area contributed by atoms with Gasteiger partial charge in [-0.25, -0.2) is 9.48 Å². The Hall–Kier alpha value is -2.25. The molecule has 2 amide bonds. The second-order valence-corrected chi connectivity index (χ2v) is 7.05. The highest BCUT2D eigenvalue weighted by Crippen LogP contribution is 2.20. The van der Waals surface area contributed by atoms with Gasteiger partial charge in [-0.1, -0.05) is 0 Å². The zero-order valence-electron chi connectivity index (χ0n) is 14.4. The molecule has 1 aromatic heterocycles. The minimum absolute atomic E-state index is 0.121. The molecule has 2 aliphatic rings. The molecule has 1 aromatic rings. The Labute approximate surface area is 141 Å². The van der Waals surface area contributed by atoms with Crippen molar-refractivity contribution in [2.75, 3.05) is 32.8 Å². The zero-order valence-corrected chi connectivity index (χ0v) is 14.4. The Morgan fingerprint density at radius 1 is 1.12 bits per heavy atom. The molecule has 0 atom stereocenters. The average molecular weight is 336 g/mol. The van der Waals surface area contributed by atoms with Crippen LogP contribution in [0.5, 0.6) is 5.88 Å². The van der Waals surface area contributed by atoms with Crippen LogP contribution in [0.25, 0.3) is 0 Å². The molecule has 0 saturated carbocycles. The van der Waals surface area contributed by atoms with E-state index in [-0.39, 0.29) is 12.0 Å². The first-order chi connectivity index (χ1) is 11.3. The SMILES string of the molecule is CC(C)(C)OC(=O)N1CCN(C(=O)c2cc3n(n2)CCCO3)CC1. The maximum absolute atomic E-state index is 12.6. The molecule has 0 aliphatic carbocycles. The van der Waals surface area contributed by atoms with Gasteiger partial charge in [0.25, 0.3) is 5.91 Å². The summed E-state index contributed by atoms with van der Waals surface area (Å²) in [7, 11) is 0. The van der Waals surface area contributed by atoms with Crippen molar-refractivity contribution in [2.45, 2.75) is 39.3 Å². The summed E-state index contributed by atoms with van der Waals surface area (Å²) in [4.78, 5) is 28.0. The van der Waals surface area contributed by atoms with Crippen LogP contribution in [0.15, 0.2) is 6.07 Å². The van der Waals surface area contributed by atoms with Crippen molar-refractivity contribution in [2.24, 2.45) is 0 Å². The van der Waals surface area contributed by atoms with Gasteiger partial charge in [-0.15, -0.1) is 0 Å². The highest BCUT2D eigenvalue weighted by Gasteiger charge is 2.29. The summed E-state index contributed by atoms with van der Waals surface area (Å²) in [6.45, 7) is 8.83. The van der Waals surface area contributed by atoms with Crippen LogP contribution >= 0.6 is 0 Å². The standard InChI is InChI=1S/C16H24N4O4/c1-16(2,3)24-15(22)19-8-6-18(7-9-19)14(21)12-11-13-20(17-12)5-4-10-23-13/h11H,4-10H2,1-3H3. The van der Waals surface area contributed by atoms with Gasteiger partial charge in [-0.2, -0.15) is 5.10 Å². The zero-order chi connectivity index (χ0) is 17.3. The topological polar surface area (TPSA) is 76.9 Å². The number of carbonyl (C=O) groups is 2. The normalized spacial score (nSPS) is 18.0. The van der Waals surface area contributed by atoms with Crippen LogP contribution in [0.3, 0.4) is 0 Å². The van der Waals surface area contributed by atoms with E-state index in [1.165, 1.54) is 0 Å². The molecule has 1 saturated heterocycles. The van der Waals surface area contributed by atoms with E-state index in [2.05, 4.69) is 5.10 Å². The molecule has 1 fully saturated rings. The molecule has 2 aliphatic heterocycles. The first-order valence-electron chi connectivity index (χ1n) is 8.31. The van der Waals surface area contributed by atoms with Crippen molar-refractivity contribution in [3.63, 3.8) is 0 Å². The predicted octanol–water partition coefficient (Wildman–Crippen LogP) is 1.36. The van der Waals surface area contributed by atoms with Crippen LogP contribution in [0.1, 0.15) is 37.7 Å². The highest BCUT2D eigenvalue weighted by molar-refractivity contribution is 5.92. The monoisotopic (exact) mass is 336 g/mol. The molecule has 0 bridgehead atoms. The van der Waals surface area contributed by atoms with E-state index in [0.29, 0.717) is 44.4 Å². The summed E-state index contributed by atoms with van der Waals surface area (Å²) in [5, 5.41) is 4.32. The Kier molecular flexibility index (Phi) is 4.38. The first kappa shape index (κ1) is 16.6. The predicted molar refractivity (Wildman–Crippen MR) is 86.0 cm³/mol. The molecular formula is C16H24N4O4. The molecular weight excluding hydrogens is 312 g/mol. The number of aryl methyl sites for hydroxylation is 1. The van der Waals surface area contributed by atoms with Gasteiger partial charge in [0, 0.05) is 45.2 Å². The van der Waals surface area contributed by atoms with Crippen LogP contribution in [-0.4, -0.2) is 70.0 Å². The Morgan fingerprint density at radius 2 is 1.79 bits per heavy atom. The summed E-state index contributed by atoms with van der Waals surface area (Å²) >= 11 is 0. The number of hydrogen-bond donors (Lipinski definition) is 0. The third kappa shape index (κ3) is 3.63. The minimum atomic E-state index is -0.514. The molecule has 3 heterocycles. The van der Waals surface area contributed by atoms with Crippen LogP contribution in [0.4, 0.5) is 4.79 Å². The molecule has 24 heavy (non-hydrogen) atoms. The number of aromatic nitrogens is 2. The quantitative estimate of drug-likeness (QED) is 0.774. The molecule has 0 aromatic carbocycles. The highest BCUT2D eigenvalue weighted by atomic mass is 16.6. The van der Waals surface area contributed by atoms with Gasteiger partial charge < -0.3 is 19.3 Å². The summed E-state index contributed by atoms with van der Waals surface area (Å²) in [6.07, 6.45) is 0.567. The van der Waals surface area contributed by atoms with Crippen LogP contribution < -0.4 is 4.74 Å². The van der Waals surface area contributed by atoms with Gasteiger partial charge in [-0.3, -0.25) is 4.79 Å². The molecule has 3 rings (SSSR count). The lowest BCUT2D eigenvalue weighted by Gasteiger charge is -2.35. The van der Waals surface area contributed by atoms with Crippen LogP contribution in [0, 0.1) is 0 Å². The number of amides is 2. The van der Waals surface area contributed by atoms with Crippen molar-refractivity contribution in [3.8, 4) is 5.88 Å². The molecule has 0 radical (unpaired) electrons. The second kappa shape index (κ2) is 6.33. The van der Waals surface area contributed by atoms with Gasteiger partial charge in [0.05, 0.1) is 6.61 Å². The third-order valence-corrected chi connectivity index (χ3v) is 3.94. The maximum Gasteiger partial charge on any atom is 0.410 e. The van der Waals surface area contributed by atoms with Crippen LogP contribution in [0.2, 0.25) is 0 Å². The lowest BCUT2D eigenvalue weighted by atomic mass is 10.2. The summed E-state index contributed by atoms with van der Waals surface area (Å²) in [6, 6.07) is 1.70. The van der Waals surface area contributed by atoms with Crippen molar-refractivity contribution in [3.05, 3.63) is 11.8 Å². The van der Waals surface area contributed by atoms with E-state index in [0.717, 1.165) is 13.0 Å². The lowest BCUT2D eigenvalue weighted by molar-refractivity contribution is 0.0140. The summed E-state index contributed by atoms with van der Waals surface area (Å²) in [5.41, 5.74) is -0.114. The number of carbonyl (C=O) groups excluding carboxylic acids is 2. The maximum atomic E-state index is 12.6. The van der Waals surface area contributed by atoms with E-state index in [1.807, 2.05) is 20.8 Å². The second-order valence-electron chi connectivity index (χ2n) is 7.05. The largest absolute Gasteiger partial charge is 0.478 e. The lowest BCUT2D eigenvalue weighted by Crippen LogP contribution is -2.51. The molecule has 8 nitrogen and oxygen atoms in total. The number of fused-ring (bicyclic) bond motifs is 1. The van der Waals surface area contributed by atoms with E-state index in [9.17, 15) is 9.59 Å². The van der Waals surface area contributed by atoms with Gasteiger partial charge in [0.15, 0.2) is 5.69 Å². The molecule has 132 valence electrons.